The Hall–Kier alpha value is -2.63. The summed E-state index contributed by atoms with van der Waals surface area (Å²) in [5, 5.41) is 0.644. The van der Waals surface area contributed by atoms with E-state index in [-0.39, 0.29) is 0 Å². The van der Waals surface area contributed by atoms with Crippen LogP contribution in [0.15, 0.2) is 74.5 Å². The molecule has 1 aromatic heterocycles. The highest BCUT2D eigenvalue weighted by atomic mass is 79.9. The summed E-state index contributed by atoms with van der Waals surface area (Å²) in [5.74, 6) is 1.32. The minimum atomic E-state index is 0.535. The molecule has 27 heavy (non-hydrogen) atoms. The number of halogens is 2. The van der Waals surface area contributed by atoms with Crippen molar-refractivity contribution in [3.63, 3.8) is 0 Å². The van der Waals surface area contributed by atoms with Crippen LogP contribution in [-0.4, -0.2) is 18.3 Å². The molecule has 0 spiro atoms. The van der Waals surface area contributed by atoms with Crippen LogP contribution in [0.3, 0.4) is 0 Å². The first kappa shape index (κ1) is 17.8. The third-order valence-electron chi connectivity index (χ3n) is 3.98. The molecule has 0 aliphatic carbocycles. The Morgan fingerprint density at radius 3 is 2.78 bits per heavy atom. The van der Waals surface area contributed by atoms with Gasteiger partial charge in [-0.3, -0.25) is 4.99 Å². The van der Waals surface area contributed by atoms with Crippen LogP contribution >= 0.6 is 27.5 Å². The average Bonchev–Trinajstić information content (AvgIpc) is 3.10. The van der Waals surface area contributed by atoms with E-state index in [4.69, 9.17) is 20.8 Å². The molecule has 0 unspecified atom stereocenters. The van der Waals surface area contributed by atoms with Crippen molar-refractivity contribution in [1.82, 2.24) is 4.98 Å². The number of aliphatic imine (C=N–C) groups is 1. The van der Waals surface area contributed by atoms with E-state index in [1.54, 1.807) is 13.3 Å². The van der Waals surface area contributed by atoms with Crippen molar-refractivity contribution in [2.24, 2.45) is 4.99 Å². The van der Waals surface area contributed by atoms with Crippen molar-refractivity contribution in [3.05, 3.63) is 75.7 Å². The predicted octanol–water partition coefficient (Wildman–Crippen LogP) is 6.67. The maximum Gasteiger partial charge on any atom is 0.227 e. The van der Waals surface area contributed by atoms with Gasteiger partial charge in [-0.2, -0.15) is 0 Å². The fourth-order valence-electron chi connectivity index (χ4n) is 2.65. The van der Waals surface area contributed by atoms with Gasteiger partial charge in [0.15, 0.2) is 5.58 Å². The van der Waals surface area contributed by atoms with Gasteiger partial charge in [0, 0.05) is 16.8 Å². The van der Waals surface area contributed by atoms with E-state index in [9.17, 15) is 0 Å². The molecule has 0 bridgehead atoms. The summed E-state index contributed by atoms with van der Waals surface area (Å²) in [6.07, 6.45) is 1.79. The number of hydrogen-bond acceptors (Lipinski definition) is 4. The van der Waals surface area contributed by atoms with Gasteiger partial charge in [-0.25, -0.2) is 4.98 Å². The number of nitrogens with zero attached hydrogens (tertiary/aromatic N) is 2. The molecule has 1 heterocycles. The third-order valence-corrected chi connectivity index (χ3v) is 4.84. The number of aromatic nitrogens is 1. The summed E-state index contributed by atoms with van der Waals surface area (Å²) in [6, 6.07) is 18.9. The fourth-order valence-corrected chi connectivity index (χ4v) is 3.40. The summed E-state index contributed by atoms with van der Waals surface area (Å²) < 4.78 is 11.9. The number of ether oxygens (including phenoxy) is 1. The molecular formula is C21H14BrClN2O2. The lowest BCUT2D eigenvalue weighted by atomic mass is 10.2. The molecule has 3 aromatic carbocycles. The van der Waals surface area contributed by atoms with Gasteiger partial charge in [0.2, 0.25) is 5.89 Å². The van der Waals surface area contributed by atoms with E-state index in [2.05, 4.69) is 25.9 Å². The van der Waals surface area contributed by atoms with Gasteiger partial charge in [-0.1, -0.05) is 17.7 Å². The van der Waals surface area contributed by atoms with E-state index in [1.165, 1.54) is 0 Å². The maximum atomic E-state index is 6.05. The van der Waals surface area contributed by atoms with E-state index in [1.807, 2.05) is 60.7 Å². The first-order chi connectivity index (χ1) is 13.1. The summed E-state index contributed by atoms with van der Waals surface area (Å²) in [5.41, 5.74) is 4.04. The zero-order chi connectivity index (χ0) is 18.8. The topological polar surface area (TPSA) is 47.6 Å². The van der Waals surface area contributed by atoms with Crippen molar-refractivity contribution < 1.29 is 9.15 Å². The lowest BCUT2D eigenvalue weighted by molar-refractivity contribution is 0.412. The first-order valence-corrected chi connectivity index (χ1v) is 9.33. The number of methoxy groups -OCH3 is 1. The van der Waals surface area contributed by atoms with Crippen LogP contribution in [-0.2, 0) is 0 Å². The molecule has 0 N–H and O–H groups in total. The fraction of sp³-hybridized carbons (Fsp3) is 0.0476. The highest BCUT2D eigenvalue weighted by Crippen LogP contribution is 2.29. The van der Waals surface area contributed by atoms with Gasteiger partial charge in [0.25, 0.3) is 0 Å². The summed E-state index contributed by atoms with van der Waals surface area (Å²) >= 11 is 9.53. The van der Waals surface area contributed by atoms with Crippen LogP contribution in [0.1, 0.15) is 5.56 Å². The zero-order valence-electron chi connectivity index (χ0n) is 14.3. The standard InChI is InChI=1S/C21H14BrClN2O2/c1-26-19-7-5-13(9-17(19)22)12-24-16-6-8-20-18(11-16)25-21(27-20)14-3-2-4-15(23)10-14/h2-12H,1H3. The van der Waals surface area contributed by atoms with Crippen LogP contribution < -0.4 is 4.74 Å². The molecule has 4 nitrogen and oxygen atoms in total. The van der Waals surface area contributed by atoms with Gasteiger partial charge in [0.1, 0.15) is 11.3 Å². The molecule has 0 fully saturated rings. The number of fused-ring (bicyclic) bond motifs is 1. The minimum absolute atomic E-state index is 0.535. The maximum absolute atomic E-state index is 6.05. The van der Waals surface area contributed by atoms with Crippen LogP contribution in [0.4, 0.5) is 5.69 Å². The lowest BCUT2D eigenvalue weighted by Gasteiger charge is -2.03. The Morgan fingerprint density at radius 2 is 2.00 bits per heavy atom. The van der Waals surface area contributed by atoms with Crippen molar-refractivity contribution in [3.8, 4) is 17.2 Å². The van der Waals surface area contributed by atoms with Crippen molar-refractivity contribution in [2.45, 2.75) is 0 Å². The smallest absolute Gasteiger partial charge is 0.227 e. The molecule has 6 heteroatoms. The molecule has 0 saturated carbocycles. The largest absolute Gasteiger partial charge is 0.496 e. The van der Waals surface area contributed by atoms with Crippen molar-refractivity contribution in [2.75, 3.05) is 7.11 Å². The van der Waals surface area contributed by atoms with E-state index in [0.29, 0.717) is 16.5 Å². The molecule has 0 saturated heterocycles. The Kier molecular flexibility index (Phi) is 4.97. The van der Waals surface area contributed by atoms with Crippen molar-refractivity contribution in [1.29, 1.82) is 0 Å². The second-order valence-corrected chi connectivity index (χ2v) is 7.12. The first-order valence-electron chi connectivity index (χ1n) is 8.16. The predicted molar refractivity (Wildman–Crippen MR) is 112 cm³/mol. The highest BCUT2D eigenvalue weighted by molar-refractivity contribution is 9.10. The van der Waals surface area contributed by atoms with Crippen LogP contribution in [0.2, 0.25) is 5.02 Å². The molecule has 0 aliphatic heterocycles. The van der Waals surface area contributed by atoms with Gasteiger partial charge in [0.05, 0.1) is 17.3 Å². The van der Waals surface area contributed by atoms with E-state index < -0.39 is 0 Å². The zero-order valence-corrected chi connectivity index (χ0v) is 16.7. The summed E-state index contributed by atoms with van der Waals surface area (Å²) in [6.45, 7) is 0. The molecule has 0 aliphatic rings. The number of hydrogen-bond donors (Lipinski definition) is 0. The molecule has 4 rings (SSSR count). The highest BCUT2D eigenvalue weighted by Gasteiger charge is 2.09. The Bertz CT molecular complexity index is 1150. The normalized spacial score (nSPS) is 11.4. The monoisotopic (exact) mass is 440 g/mol. The summed E-state index contributed by atoms with van der Waals surface area (Å²) in [7, 11) is 1.64. The Labute approximate surface area is 169 Å². The summed E-state index contributed by atoms with van der Waals surface area (Å²) in [4.78, 5) is 9.08. The van der Waals surface area contributed by atoms with Gasteiger partial charge >= 0.3 is 0 Å². The quantitative estimate of drug-likeness (QED) is 0.332. The van der Waals surface area contributed by atoms with Crippen LogP contribution in [0.25, 0.3) is 22.6 Å². The van der Waals surface area contributed by atoms with Gasteiger partial charge < -0.3 is 9.15 Å². The number of rotatable bonds is 4. The molecule has 134 valence electrons. The van der Waals surface area contributed by atoms with Crippen LogP contribution in [0.5, 0.6) is 5.75 Å². The van der Waals surface area contributed by atoms with E-state index >= 15 is 0 Å². The second-order valence-electron chi connectivity index (χ2n) is 5.83. The Morgan fingerprint density at radius 1 is 1.11 bits per heavy atom. The molecule has 0 atom stereocenters. The number of benzene rings is 3. The minimum Gasteiger partial charge on any atom is -0.496 e. The lowest BCUT2D eigenvalue weighted by Crippen LogP contribution is -1.86. The molecule has 4 aromatic rings. The van der Waals surface area contributed by atoms with Gasteiger partial charge in [-0.05, 0) is 76.1 Å². The molecule has 0 radical (unpaired) electrons. The van der Waals surface area contributed by atoms with Gasteiger partial charge in [-0.15, -0.1) is 0 Å². The molecule has 0 amide bonds. The molecular weight excluding hydrogens is 428 g/mol. The third kappa shape index (κ3) is 3.89. The SMILES string of the molecule is COc1ccc(C=Nc2ccc3oc(-c4cccc(Cl)c4)nc3c2)cc1Br. The number of oxazole rings is 1. The second kappa shape index (κ2) is 7.55. The Balaban J connectivity index is 1.62. The van der Waals surface area contributed by atoms with Crippen molar-refractivity contribution >= 4 is 50.5 Å². The van der Waals surface area contributed by atoms with Crippen LogP contribution in [0, 0.1) is 0 Å². The van der Waals surface area contributed by atoms with E-state index in [0.717, 1.165) is 32.6 Å². The average molecular weight is 442 g/mol.